The van der Waals surface area contributed by atoms with Crippen LogP contribution < -0.4 is 15.5 Å². The SMILES string of the molecule is CN1C(=O)Cc2cnc(Nc3ccc(C(=O)N[C@@H]4C[C@H]5CC[C@@H]4C5)cc3)nc2-c2ccccc21. The minimum absolute atomic E-state index is 0.00391. The fourth-order valence-electron chi connectivity index (χ4n) is 5.72. The van der Waals surface area contributed by atoms with E-state index in [2.05, 4.69) is 15.6 Å². The van der Waals surface area contributed by atoms with Gasteiger partial charge in [0.05, 0.1) is 17.8 Å². The number of benzene rings is 2. The number of anilines is 3. The monoisotopic (exact) mass is 453 g/mol. The Bertz CT molecular complexity index is 1270. The van der Waals surface area contributed by atoms with Gasteiger partial charge < -0.3 is 15.5 Å². The van der Waals surface area contributed by atoms with Crippen LogP contribution in [0.4, 0.5) is 17.3 Å². The van der Waals surface area contributed by atoms with Gasteiger partial charge in [0.1, 0.15) is 0 Å². The Labute approximate surface area is 198 Å². The maximum Gasteiger partial charge on any atom is 0.251 e. The predicted molar refractivity (Wildman–Crippen MR) is 131 cm³/mol. The quantitative estimate of drug-likeness (QED) is 0.614. The Hall–Kier alpha value is -3.74. The van der Waals surface area contributed by atoms with Crippen LogP contribution in [0, 0.1) is 11.8 Å². The average molecular weight is 454 g/mol. The van der Waals surface area contributed by atoms with Crippen molar-refractivity contribution in [2.24, 2.45) is 11.8 Å². The summed E-state index contributed by atoms with van der Waals surface area (Å²) in [4.78, 5) is 36.1. The molecule has 3 aliphatic rings. The predicted octanol–water partition coefficient (Wildman–Crippen LogP) is 4.32. The van der Waals surface area contributed by atoms with Gasteiger partial charge in [-0.1, -0.05) is 24.6 Å². The van der Waals surface area contributed by atoms with Crippen molar-refractivity contribution in [2.45, 2.75) is 38.1 Å². The summed E-state index contributed by atoms with van der Waals surface area (Å²) in [5.74, 6) is 1.91. The summed E-state index contributed by atoms with van der Waals surface area (Å²) in [6.45, 7) is 0. The number of para-hydroxylation sites is 1. The molecule has 2 N–H and O–H groups in total. The minimum Gasteiger partial charge on any atom is -0.349 e. The lowest BCUT2D eigenvalue weighted by atomic mass is 9.95. The van der Waals surface area contributed by atoms with Crippen LogP contribution in [0.1, 0.15) is 41.6 Å². The van der Waals surface area contributed by atoms with Crippen LogP contribution in [0.15, 0.2) is 54.7 Å². The van der Waals surface area contributed by atoms with Crippen LogP contribution >= 0.6 is 0 Å². The molecule has 2 amide bonds. The van der Waals surface area contributed by atoms with Crippen molar-refractivity contribution >= 4 is 29.1 Å². The Morgan fingerprint density at radius 2 is 1.88 bits per heavy atom. The Balaban J connectivity index is 1.20. The zero-order chi connectivity index (χ0) is 23.2. The molecule has 1 aromatic heterocycles. The van der Waals surface area contributed by atoms with E-state index in [0.717, 1.165) is 40.5 Å². The molecule has 0 saturated heterocycles. The van der Waals surface area contributed by atoms with Gasteiger partial charge in [0, 0.05) is 41.7 Å². The van der Waals surface area contributed by atoms with Crippen molar-refractivity contribution in [3.8, 4) is 11.3 Å². The Morgan fingerprint density at radius 1 is 1.06 bits per heavy atom. The number of fused-ring (bicyclic) bond motifs is 5. The molecule has 2 aliphatic carbocycles. The molecular formula is C27H27N5O2. The standard InChI is InChI=1S/C27H27N5O2/c1-32-23-5-3-2-4-21(23)25-19(14-24(32)33)15-28-27(31-25)29-20-10-8-17(9-11-20)26(34)30-22-13-16-6-7-18(22)12-16/h2-5,8-11,15-16,18,22H,6-7,12-14H2,1H3,(H,30,34)(H,28,29,31)/t16-,18+,22+/m0/s1. The van der Waals surface area contributed by atoms with Gasteiger partial charge in [-0.05, 0) is 61.4 Å². The van der Waals surface area contributed by atoms with Crippen molar-refractivity contribution in [1.29, 1.82) is 0 Å². The van der Waals surface area contributed by atoms with Crippen LogP contribution in [0.25, 0.3) is 11.3 Å². The van der Waals surface area contributed by atoms with Crippen LogP contribution in [0.3, 0.4) is 0 Å². The van der Waals surface area contributed by atoms with Gasteiger partial charge >= 0.3 is 0 Å². The fraction of sp³-hybridized carbons (Fsp3) is 0.333. The second-order valence-electron chi connectivity index (χ2n) is 9.67. The molecule has 172 valence electrons. The normalized spacial score (nSPS) is 22.7. The van der Waals surface area contributed by atoms with Crippen molar-refractivity contribution in [3.63, 3.8) is 0 Å². The smallest absolute Gasteiger partial charge is 0.251 e. The van der Waals surface area contributed by atoms with Crippen LogP contribution in [-0.2, 0) is 11.2 Å². The molecule has 2 aromatic carbocycles. The number of rotatable bonds is 4. The molecule has 2 saturated carbocycles. The van der Waals surface area contributed by atoms with E-state index in [1.54, 1.807) is 18.1 Å². The van der Waals surface area contributed by atoms with Gasteiger partial charge in [-0.25, -0.2) is 9.97 Å². The maximum absolute atomic E-state index is 12.7. The van der Waals surface area contributed by atoms with Crippen molar-refractivity contribution in [2.75, 3.05) is 17.3 Å². The van der Waals surface area contributed by atoms with Crippen LogP contribution in [-0.4, -0.2) is 34.9 Å². The first kappa shape index (κ1) is 20.8. The number of hydrogen-bond donors (Lipinski definition) is 2. The Kier molecular flexibility index (Phi) is 5.05. The first-order valence-electron chi connectivity index (χ1n) is 11.9. The van der Waals surface area contributed by atoms with Gasteiger partial charge in [0.15, 0.2) is 0 Å². The third-order valence-electron chi connectivity index (χ3n) is 7.56. The second-order valence-corrected chi connectivity index (χ2v) is 9.67. The highest BCUT2D eigenvalue weighted by Gasteiger charge is 2.40. The van der Waals surface area contributed by atoms with E-state index in [0.29, 0.717) is 23.5 Å². The molecule has 1 aliphatic heterocycles. The zero-order valence-corrected chi connectivity index (χ0v) is 19.1. The topological polar surface area (TPSA) is 87.2 Å². The van der Waals surface area contributed by atoms with E-state index >= 15 is 0 Å². The van der Waals surface area contributed by atoms with E-state index in [4.69, 9.17) is 4.98 Å². The van der Waals surface area contributed by atoms with Gasteiger partial charge in [0.25, 0.3) is 5.91 Å². The summed E-state index contributed by atoms with van der Waals surface area (Å²) < 4.78 is 0. The summed E-state index contributed by atoms with van der Waals surface area (Å²) in [6, 6.07) is 15.5. The average Bonchev–Trinajstić information content (AvgIpc) is 3.46. The molecule has 34 heavy (non-hydrogen) atoms. The number of amides is 2. The van der Waals surface area contributed by atoms with Gasteiger partial charge in [-0.15, -0.1) is 0 Å². The largest absolute Gasteiger partial charge is 0.349 e. The summed E-state index contributed by atoms with van der Waals surface area (Å²) >= 11 is 0. The lowest BCUT2D eigenvalue weighted by Gasteiger charge is -2.22. The summed E-state index contributed by atoms with van der Waals surface area (Å²) in [5, 5.41) is 6.47. The molecule has 3 atom stereocenters. The fourth-order valence-corrected chi connectivity index (χ4v) is 5.72. The molecule has 6 rings (SSSR count). The summed E-state index contributed by atoms with van der Waals surface area (Å²) in [7, 11) is 1.79. The van der Waals surface area contributed by atoms with E-state index < -0.39 is 0 Å². The van der Waals surface area contributed by atoms with Crippen molar-refractivity contribution in [1.82, 2.24) is 15.3 Å². The second kappa shape index (κ2) is 8.24. The number of nitrogens with zero attached hydrogens (tertiary/aromatic N) is 3. The van der Waals surface area contributed by atoms with Crippen LogP contribution in [0.2, 0.25) is 0 Å². The first-order chi connectivity index (χ1) is 16.5. The van der Waals surface area contributed by atoms with E-state index in [1.165, 1.54) is 19.3 Å². The molecule has 7 heteroatoms. The zero-order valence-electron chi connectivity index (χ0n) is 19.1. The highest BCUT2D eigenvalue weighted by atomic mass is 16.2. The van der Waals surface area contributed by atoms with Gasteiger partial charge in [0.2, 0.25) is 11.9 Å². The highest BCUT2D eigenvalue weighted by molar-refractivity contribution is 6.01. The summed E-state index contributed by atoms with van der Waals surface area (Å²) in [5.41, 5.74) is 4.76. The molecular weight excluding hydrogens is 426 g/mol. The number of likely N-dealkylation sites (N-methyl/N-ethyl adjacent to an activating group) is 1. The molecule has 0 radical (unpaired) electrons. The number of carbonyl (C=O) groups is 2. The number of carbonyl (C=O) groups excluding carboxylic acids is 2. The minimum atomic E-state index is -0.00391. The van der Waals surface area contributed by atoms with E-state index in [-0.39, 0.29) is 18.2 Å². The Morgan fingerprint density at radius 3 is 2.65 bits per heavy atom. The number of hydrogen-bond acceptors (Lipinski definition) is 5. The van der Waals surface area contributed by atoms with Gasteiger partial charge in [-0.2, -0.15) is 0 Å². The maximum atomic E-state index is 12.7. The molecule has 0 spiro atoms. The van der Waals surface area contributed by atoms with Crippen LogP contribution in [0.5, 0.6) is 0 Å². The molecule has 2 bridgehead atoms. The molecule has 3 aromatic rings. The molecule has 2 heterocycles. The first-order valence-corrected chi connectivity index (χ1v) is 11.9. The lowest BCUT2D eigenvalue weighted by Crippen LogP contribution is -2.38. The van der Waals surface area contributed by atoms with Crippen molar-refractivity contribution < 1.29 is 9.59 Å². The third-order valence-corrected chi connectivity index (χ3v) is 7.56. The molecule has 2 fully saturated rings. The van der Waals surface area contributed by atoms with Crippen molar-refractivity contribution in [3.05, 3.63) is 65.9 Å². The van der Waals surface area contributed by atoms with E-state index in [9.17, 15) is 9.59 Å². The number of aromatic nitrogens is 2. The third kappa shape index (κ3) is 3.71. The number of nitrogens with one attached hydrogen (secondary N) is 2. The van der Waals surface area contributed by atoms with Gasteiger partial charge in [-0.3, -0.25) is 9.59 Å². The van der Waals surface area contributed by atoms with E-state index in [1.807, 2.05) is 48.5 Å². The highest BCUT2D eigenvalue weighted by Crippen LogP contribution is 2.44. The molecule has 7 nitrogen and oxygen atoms in total. The molecule has 0 unspecified atom stereocenters. The summed E-state index contributed by atoms with van der Waals surface area (Å²) in [6.07, 6.45) is 6.93. The lowest BCUT2D eigenvalue weighted by molar-refractivity contribution is -0.117.